The molecule has 1 unspecified atom stereocenters. The molecule has 0 bridgehead atoms. The van der Waals surface area contributed by atoms with Gasteiger partial charge in [0.1, 0.15) is 11.9 Å². The molecular formula is C27H27ClN4O3. The lowest BCUT2D eigenvalue weighted by atomic mass is 10.0. The van der Waals surface area contributed by atoms with Crippen LogP contribution in [0.4, 0.5) is 10.5 Å². The maximum Gasteiger partial charge on any atom is 0.404 e. The van der Waals surface area contributed by atoms with Gasteiger partial charge in [-0.25, -0.2) is 4.79 Å². The number of fused-ring (bicyclic) bond motifs is 2. The van der Waals surface area contributed by atoms with Crippen LogP contribution < -0.4 is 10.2 Å². The average Bonchev–Trinajstić information content (AvgIpc) is 2.94. The number of nitrogens with zero attached hydrogens (tertiary/aromatic N) is 3. The van der Waals surface area contributed by atoms with Crippen molar-refractivity contribution in [2.75, 3.05) is 25.0 Å². The van der Waals surface area contributed by atoms with E-state index in [0.29, 0.717) is 37.4 Å². The molecule has 2 aliphatic rings. The first-order valence-corrected chi connectivity index (χ1v) is 12.1. The zero-order valence-electron chi connectivity index (χ0n) is 19.4. The third kappa shape index (κ3) is 4.82. The monoisotopic (exact) mass is 490 g/mol. The van der Waals surface area contributed by atoms with E-state index in [1.165, 1.54) is 0 Å². The quantitative estimate of drug-likeness (QED) is 0.563. The predicted molar refractivity (Wildman–Crippen MR) is 139 cm³/mol. The van der Waals surface area contributed by atoms with Crippen LogP contribution in [0.25, 0.3) is 10.8 Å². The summed E-state index contributed by atoms with van der Waals surface area (Å²) in [7, 11) is 1.78. The molecule has 2 heterocycles. The minimum atomic E-state index is -1.00. The number of benzene rings is 3. The fraction of sp³-hybridized carbons (Fsp3) is 0.296. The molecule has 2 aliphatic heterocycles. The number of amides is 2. The Bertz CT molecular complexity index is 1320. The summed E-state index contributed by atoms with van der Waals surface area (Å²) in [5.74, 6) is 0.666. The van der Waals surface area contributed by atoms with Gasteiger partial charge in [0.05, 0.1) is 5.69 Å². The second-order valence-corrected chi connectivity index (χ2v) is 9.56. The van der Waals surface area contributed by atoms with Crippen molar-refractivity contribution in [3.63, 3.8) is 0 Å². The maximum absolute atomic E-state index is 13.6. The number of likely N-dealkylation sites (tertiary alicyclic amines) is 1. The Morgan fingerprint density at radius 1 is 1.09 bits per heavy atom. The normalized spacial score (nSPS) is 18.7. The van der Waals surface area contributed by atoms with Crippen molar-refractivity contribution in [2.45, 2.75) is 31.3 Å². The van der Waals surface area contributed by atoms with Gasteiger partial charge in [-0.3, -0.25) is 9.79 Å². The number of amidine groups is 1. The molecule has 7 nitrogen and oxygen atoms in total. The van der Waals surface area contributed by atoms with Crippen LogP contribution in [0.15, 0.2) is 65.7 Å². The van der Waals surface area contributed by atoms with Crippen LogP contribution in [0, 0.1) is 0 Å². The highest BCUT2D eigenvalue weighted by atomic mass is 35.5. The molecule has 1 fully saturated rings. The van der Waals surface area contributed by atoms with Crippen molar-refractivity contribution < 1.29 is 14.7 Å². The number of aliphatic imine (C=N–C) groups is 1. The van der Waals surface area contributed by atoms with E-state index < -0.39 is 12.1 Å². The fourth-order valence-electron chi connectivity index (χ4n) is 4.98. The topological polar surface area (TPSA) is 85.2 Å². The molecule has 180 valence electrons. The first kappa shape index (κ1) is 23.2. The number of hydrogen-bond donors (Lipinski definition) is 2. The number of likely N-dealkylation sites (N-methyl/N-ethyl adjacent to an activating group) is 1. The lowest BCUT2D eigenvalue weighted by Gasteiger charge is -2.34. The van der Waals surface area contributed by atoms with Crippen LogP contribution in [0.2, 0.25) is 5.02 Å². The van der Waals surface area contributed by atoms with Crippen LogP contribution in [0.1, 0.15) is 24.0 Å². The number of rotatable bonds is 3. The van der Waals surface area contributed by atoms with E-state index >= 15 is 0 Å². The van der Waals surface area contributed by atoms with Crippen molar-refractivity contribution in [3.05, 3.63) is 76.8 Å². The van der Waals surface area contributed by atoms with Crippen LogP contribution >= 0.6 is 11.6 Å². The van der Waals surface area contributed by atoms with Crippen LogP contribution in [-0.2, 0) is 11.2 Å². The van der Waals surface area contributed by atoms with Crippen LogP contribution in [0.3, 0.4) is 0 Å². The van der Waals surface area contributed by atoms with Gasteiger partial charge in [-0.2, -0.15) is 0 Å². The predicted octanol–water partition coefficient (Wildman–Crippen LogP) is 4.56. The standard InChI is InChI=1S/C27H27ClN4O3/c1-31-24-9-8-20(28)16-22(24)25(32-12-10-21(11-13-32)29-27(34)35)30-23(26(31)33)15-17-6-7-18-4-2-3-5-19(18)14-17/h2-9,14,16,21,23,29H,10-13,15H2,1H3,(H,34,35). The summed E-state index contributed by atoms with van der Waals surface area (Å²) in [6.45, 7) is 1.27. The van der Waals surface area contributed by atoms with Crippen molar-refractivity contribution in [2.24, 2.45) is 4.99 Å². The van der Waals surface area contributed by atoms with Crippen molar-refractivity contribution in [3.8, 4) is 0 Å². The molecule has 0 aromatic heterocycles. The zero-order chi connectivity index (χ0) is 24.5. The third-order valence-electron chi connectivity index (χ3n) is 6.82. The molecule has 1 atom stereocenters. The molecule has 35 heavy (non-hydrogen) atoms. The lowest BCUT2D eigenvalue weighted by Crippen LogP contribution is -2.46. The van der Waals surface area contributed by atoms with E-state index in [9.17, 15) is 9.59 Å². The van der Waals surface area contributed by atoms with Crippen molar-refractivity contribution in [1.82, 2.24) is 10.2 Å². The smallest absolute Gasteiger partial charge is 0.404 e. The van der Waals surface area contributed by atoms with E-state index in [4.69, 9.17) is 21.7 Å². The molecule has 0 spiro atoms. The van der Waals surface area contributed by atoms with Gasteiger partial charge in [0.25, 0.3) is 5.91 Å². The average molecular weight is 491 g/mol. The first-order chi connectivity index (χ1) is 16.9. The summed E-state index contributed by atoms with van der Waals surface area (Å²) in [6, 6.07) is 19.3. The van der Waals surface area contributed by atoms with Gasteiger partial charge < -0.3 is 20.2 Å². The molecule has 0 aliphatic carbocycles. The number of halogens is 1. The maximum atomic E-state index is 13.6. The van der Waals surface area contributed by atoms with E-state index in [-0.39, 0.29) is 11.9 Å². The van der Waals surface area contributed by atoms with Gasteiger partial charge in [0, 0.05) is 43.2 Å². The second kappa shape index (κ2) is 9.58. The Balaban J connectivity index is 1.50. The first-order valence-electron chi connectivity index (χ1n) is 11.8. The number of hydrogen-bond acceptors (Lipinski definition) is 4. The van der Waals surface area contributed by atoms with Crippen molar-refractivity contribution >= 4 is 45.9 Å². The van der Waals surface area contributed by atoms with Gasteiger partial charge in [-0.05, 0) is 47.4 Å². The molecule has 2 N–H and O–H groups in total. The molecule has 3 aromatic carbocycles. The SMILES string of the molecule is CN1C(=O)C(Cc2ccc3ccccc3c2)N=C(N2CCC(NC(=O)O)CC2)c2cc(Cl)ccc21. The second-order valence-electron chi connectivity index (χ2n) is 9.12. The summed E-state index contributed by atoms with van der Waals surface area (Å²) in [4.78, 5) is 33.5. The molecular weight excluding hydrogens is 464 g/mol. The molecule has 0 saturated carbocycles. The number of carbonyl (C=O) groups excluding carboxylic acids is 1. The van der Waals surface area contributed by atoms with Crippen molar-refractivity contribution in [1.29, 1.82) is 0 Å². The number of anilines is 1. The minimum absolute atomic E-state index is 0.0702. The van der Waals surface area contributed by atoms with Gasteiger partial charge in [-0.15, -0.1) is 0 Å². The van der Waals surface area contributed by atoms with Crippen LogP contribution in [0.5, 0.6) is 0 Å². The van der Waals surface area contributed by atoms with E-state index in [0.717, 1.165) is 33.4 Å². The summed E-state index contributed by atoms with van der Waals surface area (Å²) >= 11 is 6.37. The Hall–Kier alpha value is -3.58. The number of carboxylic acid groups (broad SMARTS) is 1. The van der Waals surface area contributed by atoms with E-state index in [1.54, 1.807) is 18.0 Å². The summed E-state index contributed by atoms with van der Waals surface area (Å²) in [6.07, 6.45) is 0.812. The van der Waals surface area contributed by atoms with E-state index in [2.05, 4.69) is 40.5 Å². The van der Waals surface area contributed by atoms with Gasteiger partial charge in [0.2, 0.25) is 0 Å². The molecule has 0 radical (unpaired) electrons. The highest BCUT2D eigenvalue weighted by Crippen LogP contribution is 2.31. The molecule has 3 aromatic rings. The largest absolute Gasteiger partial charge is 0.465 e. The highest BCUT2D eigenvalue weighted by Gasteiger charge is 2.33. The number of piperidine rings is 1. The minimum Gasteiger partial charge on any atom is -0.465 e. The van der Waals surface area contributed by atoms with Gasteiger partial charge in [0.15, 0.2) is 0 Å². The Labute approximate surface area is 209 Å². The highest BCUT2D eigenvalue weighted by molar-refractivity contribution is 6.31. The lowest BCUT2D eigenvalue weighted by molar-refractivity contribution is -0.119. The summed E-state index contributed by atoms with van der Waals surface area (Å²) in [5, 5.41) is 14.5. The fourth-order valence-corrected chi connectivity index (χ4v) is 5.15. The Kier molecular flexibility index (Phi) is 6.34. The Morgan fingerprint density at radius 2 is 1.83 bits per heavy atom. The van der Waals surface area contributed by atoms with Gasteiger partial charge >= 0.3 is 6.09 Å². The van der Waals surface area contributed by atoms with E-state index in [1.807, 2.05) is 24.3 Å². The van der Waals surface area contributed by atoms with Crippen LogP contribution in [-0.4, -0.2) is 60.1 Å². The number of carbonyl (C=O) groups is 2. The summed E-state index contributed by atoms with van der Waals surface area (Å²) < 4.78 is 0. The molecule has 8 heteroatoms. The zero-order valence-corrected chi connectivity index (χ0v) is 20.2. The molecule has 1 saturated heterocycles. The Morgan fingerprint density at radius 3 is 2.57 bits per heavy atom. The molecule has 2 amide bonds. The summed E-state index contributed by atoms with van der Waals surface area (Å²) in [5.41, 5.74) is 2.64. The number of benzodiazepines with no additional fused rings is 1. The number of nitrogens with one attached hydrogen (secondary N) is 1. The molecule has 5 rings (SSSR count). The van der Waals surface area contributed by atoms with Gasteiger partial charge in [-0.1, -0.05) is 54.1 Å². The third-order valence-corrected chi connectivity index (χ3v) is 7.05.